The summed E-state index contributed by atoms with van der Waals surface area (Å²) in [5.41, 5.74) is 6.29. The van der Waals surface area contributed by atoms with E-state index in [2.05, 4.69) is 17.1 Å². The molecule has 1 aromatic carbocycles. The summed E-state index contributed by atoms with van der Waals surface area (Å²) in [5, 5.41) is 3.63. The third-order valence-corrected chi connectivity index (χ3v) is 4.83. The van der Waals surface area contributed by atoms with Crippen LogP contribution in [0, 0.1) is 5.92 Å². The van der Waals surface area contributed by atoms with E-state index in [1.807, 2.05) is 0 Å². The van der Waals surface area contributed by atoms with Crippen molar-refractivity contribution < 1.29 is 4.79 Å². The summed E-state index contributed by atoms with van der Waals surface area (Å²) < 4.78 is 0. The molecule has 2 atom stereocenters. The number of carbonyl (C=O) groups is 1. The molecule has 1 aliphatic heterocycles. The first-order chi connectivity index (χ1) is 10.0. The Balaban J connectivity index is 1.96. The summed E-state index contributed by atoms with van der Waals surface area (Å²) in [6.45, 7) is 4.03. The van der Waals surface area contributed by atoms with Crippen molar-refractivity contribution in [2.24, 2.45) is 11.7 Å². The van der Waals surface area contributed by atoms with Crippen molar-refractivity contribution in [2.45, 2.75) is 25.8 Å². The van der Waals surface area contributed by atoms with Crippen LogP contribution in [0.3, 0.4) is 0 Å². The van der Waals surface area contributed by atoms with Gasteiger partial charge in [-0.2, -0.15) is 0 Å². The van der Waals surface area contributed by atoms with Gasteiger partial charge in [0.1, 0.15) is 0 Å². The third-order valence-electron chi connectivity index (χ3n) is 4.01. The van der Waals surface area contributed by atoms with Crippen LogP contribution in [0.5, 0.6) is 0 Å². The quantitative estimate of drug-likeness (QED) is 0.892. The van der Waals surface area contributed by atoms with E-state index in [0.29, 0.717) is 40.8 Å². The summed E-state index contributed by atoms with van der Waals surface area (Å²) in [5.74, 6) is 0.396. The zero-order valence-corrected chi connectivity index (χ0v) is 13.6. The number of carbonyl (C=O) groups excluding carboxylic acids is 1. The smallest absolute Gasteiger partial charge is 0.238 e. The Hall–Kier alpha value is -0.810. The highest BCUT2D eigenvalue weighted by atomic mass is 35.5. The van der Waals surface area contributed by atoms with Gasteiger partial charge in [-0.25, -0.2) is 0 Å². The Morgan fingerprint density at radius 2 is 2.19 bits per heavy atom. The largest absolute Gasteiger partial charge is 0.330 e. The van der Waals surface area contributed by atoms with E-state index in [4.69, 9.17) is 28.9 Å². The van der Waals surface area contributed by atoms with Gasteiger partial charge in [0.05, 0.1) is 22.3 Å². The molecule has 2 unspecified atom stereocenters. The highest BCUT2D eigenvalue weighted by Crippen LogP contribution is 2.29. The van der Waals surface area contributed by atoms with E-state index < -0.39 is 0 Å². The van der Waals surface area contributed by atoms with E-state index >= 15 is 0 Å². The molecular weight excluding hydrogens is 309 g/mol. The second-order valence-corrected chi connectivity index (χ2v) is 6.39. The molecule has 1 aromatic rings. The van der Waals surface area contributed by atoms with Gasteiger partial charge in [0.25, 0.3) is 0 Å². The van der Waals surface area contributed by atoms with Gasteiger partial charge in [0, 0.05) is 12.6 Å². The molecule has 1 heterocycles. The molecule has 1 aliphatic rings. The predicted molar refractivity (Wildman–Crippen MR) is 87.9 cm³/mol. The fourth-order valence-electron chi connectivity index (χ4n) is 2.65. The van der Waals surface area contributed by atoms with Crippen molar-refractivity contribution in [2.75, 3.05) is 25.0 Å². The lowest BCUT2D eigenvalue weighted by Crippen LogP contribution is -2.47. The minimum absolute atomic E-state index is 0.0799. The Kier molecular flexibility index (Phi) is 5.88. The molecule has 0 radical (unpaired) electrons. The number of amides is 1. The first-order valence-electron chi connectivity index (χ1n) is 7.19. The molecule has 0 aromatic heterocycles. The van der Waals surface area contributed by atoms with E-state index in [9.17, 15) is 4.79 Å². The molecule has 0 saturated carbocycles. The van der Waals surface area contributed by atoms with E-state index in [0.717, 1.165) is 19.4 Å². The summed E-state index contributed by atoms with van der Waals surface area (Å²) in [7, 11) is 0. The summed E-state index contributed by atoms with van der Waals surface area (Å²) >= 11 is 12.0. The fraction of sp³-hybridized carbons (Fsp3) is 0.533. The molecule has 116 valence electrons. The molecule has 2 rings (SSSR count). The number of benzene rings is 1. The lowest BCUT2D eigenvalue weighted by Gasteiger charge is -2.37. The van der Waals surface area contributed by atoms with E-state index in [1.54, 1.807) is 18.2 Å². The molecule has 4 nitrogen and oxygen atoms in total. The number of anilines is 1. The number of hydrogen-bond donors (Lipinski definition) is 2. The van der Waals surface area contributed by atoms with Crippen molar-refractivity contribution >= 4 is 34.8 Å². The Morgan fingerprint density at radius 1 is 1.43 bits per heavy atom. The lowest BCUT2D eigenvalue weighted by atomic mass is 9.93. The number of likely N-dealkylation sites (tertiary alicyclic amines) is 1. The topological polar surface area (TPSA) is 58.4 Å². The van der Waals surface area contributed by atoms with Gasteiger partial charge in [-0.3, -0.25) is 9.69 Å². The monoisotopic (exact) mass is 329 g/mol. The predicted octanol–water partition coefficient (Wildman–Crippen LogP) is 2.99. The average molecular weight is 330 g/mol. The van der Waals surface area contributed by atoms with Gasteiger partial charge in [-0.15, -0.1) is 0 Å². The van der Waals surface area contributed by atoms with Crippen molar-refractivity contribution in [3.05, 3.63) is 28.2 Å². The number of nitrogens with zero attached hydrogens (tertiary/aromatic N) is 1. The second-order valence-electron chi connectivity index (χ2n) is 5.61. The van der Waals surface area contributed by atoms with Gasteiger partial charge < -0.3 is 11.1 Å². The van der Waals surface area contributed by atoms with Crippen LogP contribution in [0.25, 0.3) is 0 Å². The van der Waals surface area contributed by atoms with Crippen molar-refractivity contribution in [1.82, 2.24) is 4.90 Å². The summed E-state index contributed by atoms with van der Waals surface area (Å²) in [6, 6.07) is 5.60. The maximum absolute atomic E-state index is 12.2. The number of piperidine rings is 1. The molecule has 1 amide bonds. The molecule has 21 heavy (non-hydrogen) atoms. The van der Waals surface area contributed by atoms with Gasteiger partial charge >= 0.3 is 0 Å². The van der Waals surface area contributed by atoms with Gasteiger partial charge in [0.2, 0.25) is 5.91 Å². The molecule has 1 saturated heterocycles. The average Bonchev–Trinajstić information content (AvgIpc) is 2.46. The third kappa shape index (κ3) is 4.33. The minimum atomic E-state index is -0.0799. The normalized spacial score (nSPS) is 23.0. The Bertz CT molecular complexity index is 510. The number of rotatable bonds is 4. The van der Waals surface area contributed by atoms with E-state index in [1.165, 1.54) is 0 Å². The molecule has 0 spiro atoms. The standard InChI is InChI=1S/C15H21Cl2N3O/c1-10-5-6-11(7-18)8-20(10)9-14(21)19-13-4-2-3-12(16)15(13)17/h2-4,10-11H,5-9,18H2,1H3,(H,19,21). The summed E-state index contributed by atoms with van der Waals surface area (Å²) in [4.78, 5) is 14.4. The van der Waals surface area contributed by atoms with Gasteiger partial charge in [0.15, 0.2) is 0 Å². The number of hydrogen-bond acceptors (Lipinski definition) is 3. The van der Waals surface area contributed by atoms with Crippen LogP contribution < -0.4 is 11.1 Å². The molecule has 1 fully saturated rings. The van der Waals surface area contributed by atoms with Crippen molar-refractivity contribution in [1.29, 1.82) is 0 Å². The number of nitrogens with one attached hydrogen (secondary N) is 1. The first kappa shape index (κ1) is 16.6. The molecule has 6 heteroatoms. The second kappa shape index (κ2) is 7.45. The van der Waals surface area contributed by atoms with Crippen LogP contribution in [0.4, 0.5) is 5.69 Å². The van der Waals surface area contributed by atoms with Crippen LogP contribution >= 0.6 is 23.2 Å². The fourth-order valence-corrected chi connectivity index (χ4v) is 3.00. The molecule has 0 bridgehead atoms. The van der Waals surface area contributed by atoms with Crippen molar-refractivity contribution in [3.63, 3.8) is 0 Å². The zero-order chi connectivity index (χ0) is 15.4. The Morgan fingerprint density at radius 3 is 2.90 bits per heavy atom. The number of nitrogens with two attached hydrogens (primary N) is 1. The molecule has 3 N–H and O–H groups in total. The van der Waals surface area contributed by atoms with Crippen LogP contribution in [-0.4, -0.2) is 36.5 Å². The first-order valence-corrected chi connectivity index (χ1v) is 7.94. The lowest BCUT2D eigenvalue weighted by molar-refractivity contribution is -0.118. The van der Waals surface area contributed by atoms with Crippen LogP contribution in [-0.2, 0) is 4.79 Å². The van der Waals surface area contributed by atoms with Crippen LogP contribution in [0.2, 0.25) is 10.0 Å². The van der Waals surface area contributed by atoms with Gasteiger partial charge in [-0.1, -0.05) is 29.3 Å². The van der Waals surface area contributed by atoms with Gasteiger partial charge in [-0.05, 0) is 44.4 Å². The maximum atomic E-state index is 12.2. The van der Waals surface area contributed by atoms with E-state index in [-0.39, 0.29) is 5.91 Å². The van der Waals surface area contributed by atoms with Crippen LogP contribution in [0.15, 0.2) is 18.2 Å². The SMILES string of the molecule is CC1CCC(CN)CN1CC(=O)Nc1cccc(Cl)c1Cl. The minimum Gasteiger partial charge on any atom is -0.330 e. The van der Waals surface area contributed by atoms with Crippen molar-refractivity contribution in [3.8, 4) is 0 Å². The highest BCUT2D eigenvalue weighted by molar-refractivity contribution is 6.43. The summed E-state index contributed by atoms with van der Waals surface area (Å²) in [6.07, 6.45) is 2.21. The number of halogens is 2. The molecular formula is C15H21Cl2N3O. The maximum Gasteiger partial charge on any atom is 0.238 e. The highest BCUT2D eigenvalue weighted by Gasteiger charge is 2.26. The zero-order valence-electron chi connectivity index (χ0n) is 12.1. The Labute approximate surface area is 135 Å². The van der Waals surface area contributed by atoms with Crippen LogP contribution in [0.1, 0.15) is 19.8 Å². The molecule has 0 aliphatic carbocycles.